The Hall–Kier alpha value is -9.39. The summed E-state index contributed by atoms with van der Waals surface area (Å²) in [6.07, 6.45) is 3.71. The number of para-hydroxylation sites is 6. The van der Waals surface area contributed by atoms with E-state index in [1.807, 2.05) is 18.3 Å². The summed E-state index contributed by atoms with van der Waals surface area (Å²) in [4.78, 5) is 15.2. The van der Waals surface area contributed by atoms with Gasteiger partial charge in [0.15, 0.2) is 5.82 Å². The first-order chi connectivity index (χ1) is 34.2. The minimum atomic E-state index is 0.655. The van der Waals surface area contributed by atoms with Gasteiger partial charge < -0.3 is 13.7 Å². The fourth-order valence-corrected chi connectivity index (χ4v) is 10.7. The maximum Gasteiger partial charge on any atom is 0.160 e. The van der Waals surface area contributed by atoms with Gasteiger partial charge in [-0.2, -0.15) is 0 Å². The van der Waals surface area contributed by atoms with E-state index in [1.54, 1.807) is 6.20 Å². The highest BCUT2D eigenvalue weighted by Crippen LogP contribution is 2.45. The van der Waals surface area contributed by atoms with Crippen LogP contribution in [-0.4, -0.2) is 28.7 Å². The zero-order chi connectivity index (χ0) is 45.4. The van der Waals surface area contributed by atoms with Crippen LogP contribution in [0.1, 0.15) is 0 Å². The summed E-state index contributed by atoms with van der Waals surface area (Å²) in [5.41, 5.74) is 16.5. The van der Waals surface area contributed by atoms with Crippen LogP contribution in [0.15, 0.2) is 243 Å². The van der Waals surface area contributed by atoms with E-state index in [1.165, 1.54) is 32.3 Å². The Labute approximate surface area is 397 Å². The van der Waals surface area contributed by atoms with Gasteiger partial charge in [0, 0.05) is 61.4 Å². The van der Waals surface area contributed by atoms with Crippen molar-refractivity contribution in [1.82, 2.24) is 28.7 Å². The fraction of sp³-hybridized carbons (Fsp3) is 0. The third-order valence-electron chi connectivity index (χ3n) is 13.7. The molecule has 322 valence electrons. The molecule has 5 aromatic heterocycles. The van der Waals surface area contributed by atoms with Gasteiger partial charge in [0.1, 0.15) is 0 Å². The predicted molar refractivity (Wildman–Crippen MR) is 285 cm³/mol. The van der Waals surface area contributed by atoms with Crippen molar-refractivity contribution in [1.29, 1.82) is 0 Å². The second kappa shape index (κ2) is 15.6. The molecule has 5 heterocycles. The second-order valence-electron chi connectivity index (χ2n) is 17.6. The van der Waals surface area contributed by atoms with Gasteiger partial charge in [-0.1, -0.05) is 170 Å². The van der Waals surface area contributed by atoms with E-state index in [2.05, 4.69) is 237 Å². The minimum absolute atomic E-state index is 0.655. The monoisotopic (exact) mass is 880 g/mol. The number of hydrogen-bond donors (Lipinski definition) is 0. The Kier molecular flexibility index (Phi) is 8.79. The van der Waals surface area contributed by atoms with Gasteiger partial charge in [0.05, 0.1) is 61.6 Å². The van der Waals surface area contributed by atoms with E-state index in [-0.39, 0.29) is 0 Å². The van der Waals surface area contributed by atoms with Crippen molar-refractivity contribution in [2.24, 2.45) is 0 Å². The summed E-state index contributed by atoms with van der Waals surface area (Å²) in [5.74, 6) is 0.655. The quantitative estimate of drug-likeness (QED) is 0.160. The van der Waals surface area contributed by atoms with Crippen LogP contribution in [0.25, 0.3) is 128 Å². The molecule has 69 heavy (non-hydrogen) atoms. The SMILES string of the molecule is c1ccc(-c2nc(-c3ccc(-c4cccnc4)cc3)cc(-c3cc(-n4c5ccccc5c5ccccc54)c(-n4c5ccccc5c5ccccc54)c(-n4c5ccccc5c5ccccc54)c3)n2)cc1. The number of rotatable bonds is 7. The molecule has 0 unspecified atom stereocenters. The van der Waals surface area contributed by atoms with Crippen molar-refractivity contribution in [3.63, 3.8) is 0 Å². The second-order valence-corrected chi connectivity index (χ2v) is 17.6. The van der Waals surface area contributed by atoms with Crippen LogP contribution in [-0.2, 0) is 0 Å². The Morgan fingerprint density at radius 1 is 0.275 bits per heavy atom. The summed E-state index contributed by atoms with van der Waals surface area (Å²) < 4.78 is 7.44. The van der Waals surface area contributed by atoms with E-state index in [0.29, 0.717) is 5.82 Å². The van der Waals surface area contributed by atoms with E-state index in [9.17, 15) is 0 Å². The zero-order valence-corrected chi connectivity index (χ0v) is 37.3. The Morgan fingerprint density at radius 3 is 1.09 bits per heavy atom. The molecule has 0 aliphatic carbocycles. The molecule has 0 bridgehead atoms. The van der Waals surface area contributed by atoms with Crippen LogP contribution in [0.3, 0.4) is 0 Å². The van der Waals surface area contributed by atoms with Gasteiger partial charge in [0.25, 0.3) is 0 Å². The van der Waals surface area contributed by atoms with E-state index in [4.69, 9.17) is 9.97 Å². The summed E-state index contributed by atoms with van der Waals surface area (Å²) in [5, 5.41) is 7.15. The molecule has 0 aliphatic rings. The summed E-state index contributed by atoms with van der Waals surface area (Å²) in [7, 11) is 0. The van der Waals surface area contributed by atoms with Crippen molar-refractivity contribution >= 4 is 65.4 Å². The number of fused-ring (bicyclic) bond motifs is 9. The minimum Gasteiger partial charge on any atom is -0.307 e. The highest BCUT2D eigenvalue weighted by Gasteiger charge is 2.26. The highest BCUT2D eigenvalue weighted by atomic mass is 15.1. The molecule has 6 nitrogen and oxygen atoms in total. The molecule has 0 aliphatic heterocycles. The summed E-state index contributed by atoms with van der Waals surface area (Å²) in [6, 6.07) is 82.7. The maximum atomic E-state index is 5.51. The van der Waals surface area contributed by atoms with Crippen molar-refractivity contribution < 1.29 is 0 Å². The van der Waals surface area contributed by atoms with Gasteiger partial charge in [-0.3, -0.25) is 4.98 Å². The molecule has 0 fully saturated rings. The molecule has 14 rings (SSSR count). The first-order valence-corrected chi connectivity index (χ1v) is 23.3. The normalized spacial score (nSPS) is 11.8. The lowest BCUT2D eigenvalue weighted by atomic mass is 10.0. The molecule has 0 saturated heterocycles. The average molecular weight is 881 g/mol. The van der Waals surface area contributed by atoms with Crippen LogP contribution in [0.5, 0.6) is 0 Å². The van der Waals surface area contributed by atoms with Crippen molar-refractivity contribution in [2.45, 2.75) is 0 Å². The van der Waals surface area contributed by atoms with Crippen LogP contribution in [0.4, 0.5) is 0 Å². The van der Waals surface area contributed by atoms with E-state index < -0.39 is 0 Å². The van der Waals surface area contributed by atoms with Gasteiger partial charge >= 0.3 is 0 Å². The lowest BCUT2D eigenvalue weighted by Crippen LogP contribution is -2.10. The van der Waals surface area contributed by atoms with E-state index >= 15 is 0 Å². The third kappa shape index (κ3) is 6.16. The third-order valence-corrected chi connectivity index (χ3v) is 13.7. The molecule has 0 spiro atoms. The lowest BCUT2D eigenvalue weighted by molar-refractivity contribution is 1.05. The van der Waals surface area contributed by atoms with Crippen molar-refractivity contribution in [2.75, 3.05) is 0 Å². The fourth-order valence-electron chi connectivity index (χ4n) is 10.7. The molecule has 6 heteroatoms. The number of nitrogens with zero attached hydrogens (tertiary/aromatic N) is 6. The molecular formula is C63H40N6. The van der Waals surface area contributed by atoms with Crippen molar-refractivity contribution in [3.05, 3.63) is 243 Å². The molecule has 0 radical (unpaired) electrons. The Bertz CT molecular complexity index is 4000. The van der Waals surface area contributed by atoms with Crippen LogP contribution < -0.4 is 0 Å². The molecule has 0 N–H and O–H groups in total. The zero-order valence-electron chi connectivity index (χ0n) is 37.3. The largest absolute Gasteiger partial charge is 0.307 e. The Balaban J connectivity index is 1.16. The first kappa shape index (κ1) is 38.8. The smallest absolute Gasteiger partial charge is 0.160 e. The van der Waals surface area contributed by atoms with Crippen molar-refractivity contribution in [3.8, 4) is 62.1 Å². The van der Waals surface area contributed by atoms with Crippen LogP contribution >= 0.6 is 0 Å². The van der Waals surface area contributed by atoms with Gasteiger partial charge in [-0.05, 0) is 71.8 Å². The molecule has 9 aromatic carbocycles. The van der Waals surface area contributed by atoms with Gasteiger partial charge in [-0.25, -0.2) is 9.97 Å². The van der Waals surface area contributed by atoms with Crippen LogP contribution in [0.2, 0.25) is 0 Å². The molecule has 0 atom stereocenters. The summed E-state index contributed by atoms with van der Waals surface area (Å²) in [6.45, 7) is 0. The number of hydrogen-bond acceptors (Lipinski definition) is 3. The highest BCUT2D eigenvalue weighted by molar-refractivity contribution is 6.14. The predicted octanol–water partition coefficient (Wildman–Crippen LogP) is 15.8. The first-order valence-electron chi connectivity index (χ1n) is 23.3. The van der Waals surface area contributed by atoms with Crippen LogP contribution in [0, 0.1) is 0 Å². The van der Waals surface area contributed by atoms with Gasteiger partial charge in [-0.15, -0.1) is 0 Å². The molecule has 0 saturated carbocycles. The standard InChI is InChI=1S/C63H40N6/c1-2-17-43(18-3-1)63-65-52(42-34-32-41(33-35-42)44-19-16-36-64-40-44)39-53(66-63)45-37-60(67-54-26-10-4-20-46(54)47-21-5-11-27-55(47)67)62(69-58-30-14-8-24-50(58)51-25-9-15-31-59(51)69)61(38-45)68-56-28-12-6-22-48(56)49-23-7-13-29-57(49)68/h1-40H. The van der Waals surface area contributed by atoms with Gasteiger partial charge in [0.2, 0.25) is 0 Å². The molecular weight excluding hydrogens is 841 g/mol. The maximum absolute atomic E-state index is 5.51. The number of aromatic nitrogens is 6. The lowest BCUT2D eigenvalue weighted by Gasteiger charge is -2.23. The molecule has 0 amide bonds. The number of pyridine rings is 1. The number of benzene rings is 9. The Morgan fingerprint density at radius 2 is 0.652 bits per heavy atom. The van der Waals surface area contributed by atoms with E-state index in [0.717, 1.165) is 89.4 Å². The average Bonchev–Trinajstić information content (AvgIpc) is 4.07. The molecule has 14 aromatic rings. The summed E-state index contributed by atoms with van der Waals surface area (Å²) >= 11 is 0. The topological polar surface area (TPSA) is 53.5 Å².